The highest BCUT2D eigenvalue weighted by Crippen LogP contribution is 2.40. The lowest BCUT2D eigenvalue weighted by atomic mass is 9.82. The molecule has 1 fully saturated rings. The van der Waals surface area contributed by atoms with Crippen LogP contribution in [-0.4, -0.2) is 38.7 Å². The standard InChI is InChI=1S/C32H30ClF4N3O5S/c1-43-25-11-8-22(28(15-25)44-2)18-40(31-12-13-38-19-39-31)46(41,42)30-16-26(33)29(17-27(30)34)45-24-9-6-20(7-10-24)21-4-3-5-23(14-21)32(35,36)37/h3-5,8,11-17,19-20,24H,6-7,9-10,18H2,1-2H3. The van der Waals surface area contributed by atoms with Gasteiger partial charge in [0.2, 0.25) is 0 Å². The van der Waals surface area contributed by atoms with Crippen LogP contribution in [0.4, 0.5) is 23.4 Å². The average Bonchev–Trinajstić information content (AvgIpc) is 3.05. The van der Waals surface area contributed by atoms with Crippen molar-refractivity contribution in [3.8, 4) is 17.2 Å². The van der Waals surface area contributed by atoms with E-state index in [2.05, 4.69) is 9.97 Å². The zero-order valence-electron chi connectivity index (χ0n) is 24.8. The third-order valence-corrected chi connectivity index (χ3v) is 9.90. The van der Waals surface area contributed by atoms with Gasteiger partial charge in [0.25, 0.3) is 10.0 Å². The molecule has 14 heteroatoms. The molecule has 0 amide bonds. The molecule has 46 heavy (non-hydrogen) atoms. The topological polar surface area (TPSA) is 90.9 Å². The van der Waals surface area contributed by atoms with Gasteiger partial charge in [-0.3, -0.25) is 0 Å². The minimum absolute atomic E-state index is 0.0127. The summed E-state index contributed by atoms with van der Waals surface area (Å²) in [5.74, 6) is -0.377. The first kappa shape index (κ1) is 33.3. The highest BCUT2D eigenvalue weighted by Gasteiger charge is 2.33. The van der Waals surface area contributed by atoms with Crippen molar-refractivity contribution < 1.29 is 40.2 Å². The summed E-state index contributed by atoms with van der Waals surface area (Å²) in [5.41, 5.74) is 0.368. The zero-order chi connectivity index (χ0) is 33.1. The number of benzene rings is 3. The maximum atomic E-state index is 15.6. The third-order valence-electron chi connectivity index (χ3n) is 7.84. The summed E-state index contributed by atoms with van der Waals surface area (Å²) >= 11 is 6.46. The van der Waals surface area contributed by atoms with E-state index < -0.39 is 32.5 Å². The number of hydrogen-bond acceptors (Lipinski definition) is 7. The Hall–Kier alpha value is -4.10. The molecule has 5 rings (SSSR count). The Kier molecular flexibility index (Phi) is 9.92. The van der Waals surface area contributed by atoms with Crippen LogP contribution in [0.15, 0.2) is 78.1 Å². The van der Waals surface area contributed by atoms with Crippen LogP contribution in [0.5, 0.6) is 17.2 Å². The molecule has 0 spiro atoms. The van der Waals surface area contributed by atoms with E-state index in [1.54, 1.807) is 24.3 Å². The largest absolute Gasteiger partial charge is 0.497 e. The highest BCUT2D eigenvalue weighted by molar-refractivity contribution is 7.92. The smallest absolute Gasteiger partial charge is 0.416 e. The number of rotatable bonds is 10. The minimum Gasteiger partial charge on any atom is -0.497 e. The zero-order valence-corrected chi connectivity index (χ0v) is 26.4. The number of methoxy groups -OCH3 is 2. The molecule has 0 bridgehead atoms. The number of nitrogens with zero attached hydrogens (tertiary/aromatic N) is 3. The molecular weight excluding hydrogens is 650 g/mol. The molecule has 0 N–H and O–H groups in total. The van der Waals surface area contributed by atoms with Gasteiger partial charge in [-0.2, -0.15) is 13.2 Å². The van der Waals surface area contributed by atoms with E-state index in [0.29, 0.717) is 48.3 Å². The Balaban J connectivity index is 1.36. The van der Waals surface area contributed by atoms with E-state index in [1.807, 2.05) is 0 Å². The Labute approximate surface area is 269 Å². The van der Waals surface area contributed by atoms with Crippen molar-refractivity contribution in [3.05, 3.63) is 101 Å². The van der Waals surface area contributed by atoms with Crippen LogP contribution >= 0.6 is 11.6 Å². The van der Waals surface area contributed by atoms with E-state index >= 15 is 4.39 Å². The molecular formula is C32H30ClF4N3O5S. The molecule has 1 aliphatic rings. The van der Waals surface area contributed by atoms with Crippen LogP contribution in [0.3, 0.4) is 0 Å². The molecule has 1 aromatic heterocycles. The summed E-state index contributed by atoms with van der Waals surface area (Å²) < 4.78 is 101. The van der Waals surface area contributed by atoms with Gasteiger partial charge in [-0.05, 0) is 61.4 Å². The van der Waals surface area contributed by atoms with E-state index in [4.69, 9.17) is 25.8 Å². The fourth-order valence-corrected chi connectivity index (χ4v) is 7.18. The van der Waals surface area contributed by atoms with Gasteiger partial charge in [0.15, 0.2) is 0 Å². The van der Waals surface area contributed by atoms with Crippen LogP contribution < -0.4 is 18.5 Å². The van der Waals surface area contributed by atoms with Crippen molar-refractivity contribution in [2.45, 2.75) is 55.3 Å². The molecule has 1 aliphatic carbocycles. The Bertz CT molecular complexity index is 1790. The molecule has 0 saturated heterocycles. The first-order valence-electron chi connectivity index (χ1n) is 14.2. The number of sulfonamides is 1. The van der Waals surface area contributed by atoms with Gasteiger partial charge >= 0.3 is 6.18 Å². The molecule has 8 nitrogen and oxygen atoms in total. The highest BCUT2D eigenvalue weighted by atomic mass is 35.5. The third kappa shape index (κ3) is 7.31. The van der Waals surface area contributed by atoms with E-state index in [1.165, 1.54) is 44.9 Å². The van der Waals surface area contributed by atoms with E-state index in [-0.39, 0.29) is 35.2 Å². The molecule has 244 valence electrons. The first-order valence-corrected chi connectivity index (χ1v) is 16.0. The van der Waals surface area contributed by atoms with Crippen molar-refractivity contribution in [3.63, 3.8) is 0 Å². The van der Waals surface area contributed by atoms with E-state index in [9.17, 15) is 21.6 Å². The monoisotopic (exact) mass is 679 g/mol. The summed E-state index contributed by atoms with van der Waals surface area (Å²) in [4.78, 5) is 7.24. The molecule has 3 aromatic carbocycles. The SMILES string of the molecule is COc1ccc(CN(c2ccncn2)S(=O)(=O)c2cc(Cl)c(OC3CCC(c4cccc(C(F)(F)F)c4)CC3)cc2F)c(OC)c1. The number of alkyl halides is 3. The van der Waals surface area contributed by atoms with Crippen molar-refractivity contribution in [2.75, 3.05) is 18.5 Å². The molecule has 1 saturated carbocycles. The maximum Gasteiger partial charge on any atom is 0.416 e. The molecule has 1 heterocycles. The van der Waals surface area contributed by atoms with Gasteiger partial charge in [-0.25, -0.2) is 27.1 Å². The van der Waals surface area contributed by atoms with Gasteiger partial charge in [0, 0.05) is 30.0 Å². The second-order valence-corrected chi connectivity index (χ2v) is 12.9. The molecule has 0 atom stereocenters. The summed E-state index contributed by atoms with van der Waals surface area (Å²) in [6.07, 6.45) is -0.188. The van der Waals surface area contributed by atoms with Crippen molar-refractivity contribution >= 4 is 27.4 Å². The first-order chi connectivity index (χ1) is 21.9. The average molecular weight is 680 g/mol. The van der Waals surface area contributed by atoms with Crippen LogP contribution in [0.1, 0.15) is 48.3 Å². The van der Waals surface area contributed by atoms with Gasteiger partial charge in [0.1, 0.15) is 40.1 Å². The number of hydrogen-bond donors (Lipinski definition) is 0. The number of aromatic nitrogens is 2. The van der Waals surface area contributed by atoms with Crippen LogP contribution in [0, 0.1) is 5.82 Å². The van der Waals surface area contributed by atoms with Crippen molar-refractivity contribution in [1.29, 1.82) is 0 Å². The van der Waals surface area contributed by atoms with Gasteiger partial charge < -0.3 is 14.2 Å². The Morgan fingerprint density at radius 3 is 2.37 bits per heavy atom. The van der Waals surface area contributed by atoms with Crippen LogP contribution in [0.25, 0.3) is 0 Å². The maximum absolute atomic E-state index is 15.6. The fraction of sp³-hybridized carbons (Fsp3) is 0.312. The van der Waals surface area contributed by atoms with Crippen molar-refractivity contribution in [1.82, 2.24) is 9.97 Å². The van der Waals surface area contributed by atoms with E-state index in [0.717, 1.165) is 22.5 Å². The number of ether oxygens (including phenoxy) is 3. The van der Waals surface area contributed by atoms with Gasteiger partial charge in [0.05, 0.1) is 37.5 Å². The quantitative estimate of drug-likeness (QED) is 0.158. The number of halogens is 5. The second kappa shape index (κ2) is 13.7. The lowest BCUT2D eigenvalue weighted by molar-refractivity contribution is -0.137. The molecule has 4 aromatic rings. The fourth-order valence-electron chi connectivity index (χ4n) is 5.44. The normalized spacial score (nSPS) is 16.9. The summed E-state index contributed by atoms with van der Waals surface area (Å²) in [6, 6.07) is 13.5. The van der Waals surface area contributed by atoms with Crippen molar-refractivity contribution in [2.24, 2.45) is 0 Å². The predicted molar refractivity (Wildman–Crippen MR) is 163 cm³/mol. The van der Waals surface area contributed by atoms with Gasteiger partial charge in [-0.15, -0.1) is 0 Å². The predicted octanol–water partition coefficient (Wildman–Crippen LogP) is 7.81. The summed E-state index contributed by atoms with van der Waals surface area (Å²) in [7, 11) is -1.67. The molecule has 0 radical (unpaired) electrons. The lowest BCUT2D eigenvalue weighted by Crippen LogP contribution is -2.32. The molecule has 0 aliphatic heterocycles. The summed E-state index contributed by atoms with van der Waals surface area (Å²) in [5, 5.41) is -0.121. The Morgan fingerprint density at radius 1 is 0.957 bits per heavy atom. The minimum atomic E-state index is -4.59. The van der Waals surface area contributed by atoms with Gasteiger partial charge in [-0.1, -0.05) is 29.8 Å². The lowest BCUT2D eigenvalue weighted by Gasteiger charge is -2.30. The number of anilines is 1. The Morgan fingerprint density at radius 2 is 1.72 bits per heavy atom. The second-order valence-electron chi connectivity index (χ2n) is 10.7. The summed E-state index contributed by atoms with van der Waals surface area (Å²) in [6.45, 7) is -0.267. The van der Waals surface area contributed by atoms with Crippen LogP contribution in [-0.2, 0) is 22.7 Å². The molecule has 0 unspecified atom stereocenters. The van der Waals surface area contributed by atoms with Crippen LogP contribution in [0.2, 0.25) is 5.02 Å².